The summed E-state index contributed by atoms with van der Waals surface area (Å²) in [4.78, 5) is 14.9. The maximum atomic E-state index is 12.9. The van der Waals surface area contributed by atoms with Gasteiger partial charge in [0.25, 0.3) is 0 Å². The summed E-state index contributed by atoms with van der Waals surface area (Å²) in [6, 6.07) is 5.58. The number of carbonyl (C=O) groups is 1. The number of benzene rings is 1. The van der Waals surface area contributed by atoms with Gasteiger partial charge in [0.05, 0.1) is 25.7 Å². The number of ether oxygens (including phenoxy) is 6. The lowest BCUT2D eigenvalue weighted by molar-refractivity contribution is -0.166. The lowest BCUT2D eigenvalue weighted by Crippen LogP contribution is -2.55. The molecule has 0 amide bonds. The monoisotopic (exact) mass is 529 g/mol. The minimum atomic E-state index is -0.406. The average Bonchev–Trinajstić information content (AvgIpc) is 3.79. The first-order valence-corrected chi connectivity index (χ1v) is 13.4. The van der Waals surface area contributed by atoms with Gasteiger partial charge in [-0.2, -0.15) is 0 Å². The number of rotatable bonds is 12. The van der Waals surface area contributed by atoms with Crippen LogP contribution in [0.15, 0.2) is 35.9 Å². The Balaban J connectivity index is 1.40. The fourth-order valence-corrected chi connectivity index (χ4v) is 5.67. The third-order valence-corrected chi connectivity index (χ3v) is 7.90. The van der Waals surface area contributed by atoms with Crippen molar-refractivity contribution in [3.05, 3.63) is 41.5 Å². The van der Waals surface area contributed by atoms with E-state index in [0.717, 1.165) is 24.9 Å². The minimum absolute atomic E-state index is 0.00427. The Bertz CT molecular complexity index is 1040. The van der Waals surface area contributed by atoms with Crippen LogP contribution < -0.4 is 9.47 Å². The Morgan fingerprint density at radius 2 is 1.97 bits per heavy atom. The molecule has 1 aliphatic carbocycles. The van der Waals surface area contributed by atoms with Gasteiger partial charge in [-0.3, -0.25) is 0 Å². The Kier molecular flexibility index (Phi) is 8.87. The highest BCUT2D eigenvalue weighted by molar-refractivity contribution is 5.87. The van der Waals surface area contributed by atoms with E-state index in [4.69, 9.17) is 28.4 Å². The van der Waals surface area contributed by atoms with Crippen molar-refractivity contribution in [2.45, 2.75) is 69.5 Å². The molecule has 1 saturated carbocycles. The van der Waals surface area contributed by atoms with Crippen LogP contribution in [0.2, 0.25) is 0 Å². The van der Waals surface area contributed by atoms with Crippen LogP contribution in [-0.2, 0) is 23.7 Å². The molecule has 6 atom stereocenters. The van der Waals surface area contributed by atoms with Gasteiger partial charge < -0.3 is 33.3 Å². The van der Waals surface area contributed by atoms with Gasteiger partial charge in [0.15, 0.2) is 11.5 Å². The number of nitrogens with zero attached hydrogens (tertiary/aromatic N) is 1. The molecule has 3 fully saturated rings. The molecule has 210 valence electrons. The molecule has 0 unspecified atom stereocenters. The number of hydrogen-bond acceptors (Lipinski definition) is 8. The van der Waals surface area contributed by atoms with Crippen molar-refractivity contribution >= 4 is 12.0 Å². The van der Waals surface area contributed by atoms with Gasteiger partial charge in [-0.05, 0) is 77.9 Å². The highest BCUT2D eigenvalue weighted by atomic mass is 16.6. The number of allylic oxidation sites excluding steroid dienone is 1. The van der Waals surface area contributed by atoms with Crippen LogP contribution in [-0.4, -0.2) is 88.5 Å². The van der Waals surface area contributed by atoms with E-state index < -0.39 is 5.97 Å². The van der Waals surface area contributed by atoms with Gasteiger partial charge in [-0.25, -0.2) is 4.79 Å². The Morgan fingerprint density at radius 1 is 1.21 bits per heavy atom. The summed E-state index contributed by atoms with van der Waals surface area (Å²) >= 11 is 0. The van der Waals surface area contributed by atoms with Crippen LogP contribution in [0.3, 0.4) is 0 Å². The molecule has 8 heteroatoms. The average molecular weight is 530 g/mol. The largest absolute Gasteiger partial charge is 0.493 e. The first-order valence-electron chi connectivity index (χ1n) is 13.4. The van der Waals surface area contributed by atoms with Gasteiger partial charge in [-0.1, -0.05) is 17.7 Å². The Labute approximate surface area is 226 Å². The minimum Gasteiger partial charge on any atom is -0.493 e. The SMILES string of the molecule is COc1cc(/C=C/C(=O)O[C@@H]2CC[C@]3(CO3)[C@@H]([C@@]3(C)O[C@@H]3CC=C(C)C)[C@@H]2OC)ccc1OCCN(C)C. The number of likely N-dealkylation sites (N-methyl/N-ethyl adjacent to an activating group) is 1. The molecule has 1 aromatic carbocycles. The third-order valence-electron chi connectivity index (χ3n) is 7.90. The molecule has 1 spiro atoms. The van der Waals surface area contributed by atoms with Gasteiger partial charge in [-0.15, -0.1) is 0 Å². The standard InChI is InChI=1S/C30H43NO7/c1-20(2)8-12-25-29(3,38-25)28-27(34-7)23(14-15-30(28)19-36-30)37-26(32)13-10-21-9-11-22(24(18-21)33-6)35-17-16-31(4)5/h8-11,13,18,23,25,27-28H,12,14-17,19H2,1-7H3/b13-10+/t23-,25-,27-,28-,29+,30+/m1/s1. The summed E-state index contributed by atoms with van der Waals surface area (Å²) < 4.78 is 35.5. The summed E-state index contributed by atoms with van der Waals surface area (Å²) in [6.07, 6.45) is 7.19. The molecular weight excluding hydrogens is 486 g/mol. The summed E-state index contributed by atoms with van der Waals surface area (Å²) in [7, 11) is 7.28. The van der Waals surface area contributed by atoms with Gasteiger partial charge >= 0.3 is 5.97 Å². The fraction of sp³-hybridized carbons (Fsp3) is 0.633. The van der Waals surface area contributed by atoms with E-state index in [2.05, 4.69) is 31.7 Å². The maximum absolute atomic E-state index is 12.9. The molecule has 4 rings (SSSR count). The maximum Gasteiger partial charge on any atom is 0.331 e. The molecule has 38 heavy (non-hydrogen) atoms. The molecule has 8 nitrogen and oxygen atoms in total. The molecule has 2 saturated heterocycles. The predicted octanol–water partition coefficient (Wildman–Crippen LogP) is 4.27. The molecule has 1 aromatic rings. The summed E-state index contributed by atoms with van der Waals surface area (Å²) in [5.74, 6) is 0.871. The predicted molar refractivity (Wildman–Crippen MR) is 145 cm³/mol. The zero-order valence-corrected chi connectivity index (χ0v) is 23.8. The second kappa shape index (κ2) is 11.8. The number of methoxy groups -OCH3 is 2. The van der Waals surface area contributed by atoms with Crippen LogP contribution in [0.5, 0.6) is 11.5 Å². The number of esters is 1. The number of hydrogen-bond donors (Lipinski definition) is 0. The lowest BCUT2D eigenvalue weighted by Gasteiger charge is -2.42. The lowest BCUT2D eigenvalue weighted by atomic mass is 9.68. The van der Waals surface area contributed by atoms with Gasteiger partial charge in [0.1, 0.15) is 30.0 Å². The molecule has 3 aliphatic rings. The summed E-state index contributed by atoms with van der Waals surface area (Å²) in [5, 5.41) is 0. The van der Waals surface area contributed by atoms with Crippen molar-refractivity contribution in [2.24, 2.45) is 5.92 Å². The topological polar surface area (TPSA) is 82.3 Å². The number of carbonyl (C=O) groups excluding carboxylic acids is 1. The van der Waals surface area contributed by atoms with Crippen LogP contribution in [0, 0.1) is 5.92 Å². The third kappa shape index (κ3) is 6.42. The first kappa shape index (κ1) is 28.6. The zero-order chi connectivity index (χ0) is 27.5. The molecule has 0 aromatic heterocycles. The van der Waals surface area contributed by atoms with E-state index in [-0.39, 0.29) is 35.4 Å². The quantitative estimate of drug-likeness (QED) is 0.172. The molecule has 2 aliphatic heterocycles. The van der Waals surface area contributed by atoms with E-state index in [9.17, 15) is 4.79 Å². The molecule has 2 heterocycles. The second-order valence-electron chi connectivity index (χ2n) is 11.2. The van der Waals surface area contributed by atoms with Crippen LogP contribution in [0.4, 0.5) is 0 Å². The highest BCUT2D eigenvalue weighted by Crippen LogP contribution is 2.59. The van der Waals surface area contributed by atoms with Crippen LogP contribution >= 0.6 is 0 Å². The Hall–Kier alpha value is -2.39. The van der Waals surface area contributed by atoms with Crippen molar-refractivity contribution in [3.63, 3.8) is 0 Å². The normalized spacial score (nSPS) is 31.9. The highest BCUT2D eigenvalue weighted by Gasteiger charge is 2.72. The van der Waals surface area contributed by atoms with E-state index in [1.807, 2.05) is 32.3 Å². The first-order chi connectivity index (χ1) is 18.1. The van der Waals surface area contributed by atoms with Crippen molar-refractivity contribution in [2.75, 3.05) is 48.1 Å². The Morgan fingerprint density at radius 3 is 2.61 bits per heavy atom. The van der Waals surface area contributed by atoms with E-state index in [0.29, 0.717) is 31.1 Å². The van der Waals surface area contributed by atoms with Crippen molar-refractivity contribution in [3.8, 4) is 11.5 Å². The fourth-order valence-electron chi connectivity index (χ4n) is 5.67. The van der Waals surface area contributed by atoms with E-state index >= 15 is 0 Å². The van der Waals surface area contributed by atoms with Gasteiger partial charge in [0, 0.05) is 19.7 Å². The summed E-state index contributed by atoms with van der Waals surface area (Å²) in [5.41, 5.74) is 1.47. The van der Waals surface area contributed by atoms with Gasteiger partial charge in [0.2, 0.25) is 0 Å². The van der Waals surface area contributed by atoms with Crippen molar-refractivity contribution < 1.29 is 33.2 Å². The molecule has 0 N–H and O–H groups in total. The smallest absolute Gasteiger partial charge is 0.331 e. The molecule has 0 radical (unpaired) electrons. The van der Waals surface area contributed by atoms with Crippen LogP contribution in [0.25, 0.3) is 6.08 Å². The summed E-state index contributed by atoms with van der Waals surface area (Å²) in [6.45, 7) is 8.38. The molecule has 0 bridgehead atoms. The van der Waals surface area contributed by atoms with Crippen molar-refractivity contribution in [1.82, 2.24) is 4.90 Å². The van der Waals surface area contributed by atoms with E-state index in [1.54, 1.807) is 20.3 Å². The van der Waals surface area contributed by atoms with Crippen molar-refractivity contribution in [1.29, 1.82) is 0 Å². The molecular formula is C30H43NO7. The second-order valence-corrected chi connectivity index (χ2v) is 11.2. The van der Waals surface area contributed by atoms with Crippen LogP contribution in [0.1, 0.15) is 45.6 Å². The number of epoxide rings is 2. The zero-order valence-electron chi connectivity index (χ0n) is 23.8. The van der Waals surface area contributed by atoms with E-state index in [1.165, 1.54) is 11.6 Å².